The summed E-state index contributed by atoms with van der Waals surface area (Å²) >= 11 is 0. The van der Waals surface area contributed by atoms with Crippen molar-refractivity contribution in [3.8, 4) is 5.69 Å². The maximum atomic E-state index is 14.5. The number of nitrogens with two attached hydrogens (primary N) is 1. The predicted molar refractivity (Wildman–Crippen MR) is 90.8 cm³/mol. The number of benzene rings is 2. The van der Waals surface area contributed by atoms with Crippen molar-refractivity contribution < 1.29 is 4.39 Å². The third-order valence-corrected chi connectivity index (χ3v) is 4.15. The molecule has 0 spiro atoms. The molecule has 0 bridgehead atoms. The maximum Gasteiger partial charge on any atom is 0.164 e. The van der Waals surface area contributed by atoms with Crippen LogP contribution in [0.15, 0.2) is 53.8 Å². The average Bonchev–Trinajstić information content (AvgIpc) is 3.01. The normalized spacial score (nSPS) is 15.2. The molecule has 0 saturated carbocycles. The van der Waals surface area contributed by atoms with Crippen LogP contribution in [0, 0.1) is 5.82 Å². The lowest BCUT2D eigenvalue weighted by atomic mass is 9.98. The lowest BCUT2D eigenvalue weighted by molar-refractivity contribution is 0.510. The van der Waals surface area contributed by atoms with Gasteiger partial charge in [-0.3, -0.25) is 9.56 Å². The molecule has 1 aliphatic rings. The number of hydrogen-bond acceptors (Lipinski definition) is 4. The summed E-state index contributed by atoms with van der Waals surface area (Å²) < 4.78 is 16.3. The molecule has 6 heteroatoms. The average molecular weight is 321 g/mol. The van der Waals surface area contributed by atoms with E-state index < -0.39 is 5.54 Å². The van der Waals surface area contributed by atoms with Gasteiger partial charge in [0.25, 0.3) is 0 Å². The fourth-order valence-corrected chi connectivity index (χ4v) is 3.03. The molecule has 2 N–H and O–H groups in total. The van der Waals surface area contributed by atoms with Gasteiger partial charge >= 0.3 is 0 Å². The van der Waals surface area contributed by atoms with Gasteiger partial charge in [0.05, 0.1) is 11.4 Å². The van der Waals surface area contributed by atoms with Crippen LogP contribution in [-0.4, -0.2) is 20.5 Å². The van der Waals surface area contributed by atoms with Gasteiger partial charge in [0.1, 0.15) is 17.7 Å². The molecule has 24 heavy (non-hydrogen) atoms. The van der Waals surface area contributed by atoms with Gasteiger partial charge in [-0.15, -0.1) is 10.2 Å². The van der Waals surface area contributed by atoms with Crippen molar-refractivity contribution in [2.24, 2.45) is 4.99 Å². The smallest absolute Gasteiger partial charge is 0.164 e. The predicted octanol–water partition coefficient (Wildman–Crippen LogP) is 3.07. The molecular formula is C18H16FN5. The SMILES string of the molecule is CC1(C)N=C(c2ccccc2F)c2cc(N)ccc2-n2cnnc21. The summed E-state index contributed by atoms with van der Waals surface area (Å²) in [4.78, 5) is 4.83. The summed E-state index contributed by atoms with van der Waals surface area (Å²) in [5, 5.41) is 8.24. The van der Waals surface area contributed by atoms with Gasteiger partial charge in [-0.1, -0.05) is 12.1 Å². The molecule has 5 nitrogen and oxygen atoms in total. The lowest BCUT2D eigenvalue weighted by Crippen LogP contribution is -2.20. The number of fused-ring (bicyclic) bond motifs is 3. The third kappa shape index (κ3) is 2.11. The molecule has 0 saturated heterocycles. The number of aromatic nitrogens is 3. The standard InChI is InChI=1S/C18H16FN5/c1-18(2)17-23-21-10-24(17)15-8-7-11(20)9-13(15)16(22-18)12-5-3-4-6-14(12)19/h3-10H,20H2,1-2H3. The van der Waals surface area contributed by atoms with Gasteiger partial charge in [0.2, 0.25) is 0 Å². The quantitative estimate of drug-likeness (QED) is 0.700. The Morgan fingerprint density at radius 3 is 2.67 bits per heavy atom. The number of nitrogens with zero attached hydrogens (tertiary/aromatic N) is 4. The van der Waals surface area contributed by atoms with Crippen molar-refractivity contribution in [1.29, 1.82) is 0 Å². The van der Waals surface area contributed by atoms with Crippen molar-refractivity contribution >= 4 is 11.4 Å². The van der Waals surface area contributed by atoms with E-state index in [-0.39, 0.29) is 5.82 Å². The highest BCUT2D eigenvalue weighted by molar-refractivity contribution is 6.16. The van der Waals surface area contributed by atoms with Crippen LogP contribution in [0.1, 0.15) is 30.8 Å². The van der Waals surface area contributed by atoms with Crippen LogP contribution in [0.4, 0.5) is 10.1 Å². The highest BCUT2D eigenvalue weighted by Gasteiger charge is 2.32. The second-order valence-electron chi connectivity index (χ2n) is 6.30. The minimum atomic E-state index is -0.665. The molecule has 1 aromatic heterocycles. The third-order valence-electron chi connectivity index (χ3n) is 4.15. The van der Waals surface area contributed by atoms with Crippen molar-refractivity contribution in [3.05, 3.63) is 71.6 Å². The first-order valence-corrected chi connectivity index (χ1v) is 7.63. The van der Waals surface area contributed by atoms with Gasteiger partial charge in [-0.25, -0.2) is 4.39 Å². The van der Waals surface area contributed by atoms with E-state index in [1.807, 2.05) is 30.5 Å². The second kappa shape index (κ2) is 4.99. The fraction of sp³-hybridized carbons (Fsp3) is 0.167. The summed E-state index contributed by atoms with van der Waals surface area (Å²) in [6.45, 7) is 3.87. The zero-order chi connectivity index (χ0) is 16.9. The molecular weight excluding hydrogens is 305 g/mol. The van der Waals surface area contributed by atoms with Crippen molar-refractivity contribution in [2.45, 2.75) is 19.4 Å². The van der Waals surface area contributed by atoms with Crippen LogP contribution in [0.2, 0.25) is 0 Å². The Morgan fingerprint density at radius 1 is 1.08 bits per heavy atom. The van der Waals surface area contributed by atoms with E-state index >= 15 is 0 Å². The van der Waals surface area contributed by atoms with Crippen molar-refractivity contribution in [2.75, 3.05) is 5.73 Å². The van der Waals surface area contributed by atoms with E-state index in [1.54, 1.807) is 30.6 Å². The molecule has 4 rings (SSSR count). The molecule has 0 fully saturated rings. The van der Waals surface area contributed by atoms with Gasteiger partial charge < -0.3 is 5.73 Å². The zero-order valence-corrected chi connectivity index (χ0v) is 13.4. The summed E-state index contributed by atoms with van der Waals surface area (Å²) in [7, 11) is 0. The minimum absolute atomic E-state index is 0.321. The fourth-order valence-electron chi connectivity index (χ4n) is 3.03. The van der Waals surface area contributed by atoms with Crippen LogP contribution < -0.4 is 5.73 Å². The van der Waals surface area contributed by atoms with E-state index in [4.69, 9.17) is 10.7 Å². The first-order chi connectivity index (χ1) is 11.5. The number of aliphatic imine (C=N–C) groups is 1. The summed E-state index contributed by atoms with van der Waals surface area (Å²) in [6, 6.07) is 12.1. The van der Waals surface area contributed by atoms with Gasteiger partial charge in [-0.05, 0) is 44.2 Å². The van der Waals surface area contributed by atoms with Crippen LogP contribution in [0.25, 0.3) is 5.69 Å². The molecule has 0 atom stereocenters. The largest absolute Gasteiger partial charge is 0.399 e. The Bertz CT molecular complexity index is 971. The van der Waals surface area contributed by atoms with Crippen LogP contribution >= 0.6 is 0 Å². The zero-order valence-electron chi connectivity index (χ0n) is 13.4. The number of rotatable bonds is 1. The Kier molecular flexibility index (Phi) is 3.03. The van der Waals surface area contributed by atoms with Crippen LogP contribution in [0.5, 0.6) is 0 Å². The van der Waals surface area contributed by atoms with E-state index in [0.29, 0.717) is 22.8 Å². The van der Waals surface area contributed by atoms with E-state index in [2.05, 4.69) is 10.2 Å². The van der Waals surface area contributed by atoms with Crippen LogP contribution in [0.3, 0.4) is 0 Å². The molecule has 0 aliphatic carbocycles. The highest BCUT2D eigenvalue weighted by Crippen LogP contribution is 2.34. The minimum Gasteiger partial charge on any atom is -0.399 e. The Hall–Kier alpha value is -3.02. The first-order valence-electron chi connectivity index (χ1n) is 7.63. The van der Waals surface area contributed by atoms with Crippen LogP contribution in [-0.2, 0) is 5.54 Å². The molecule has 0 unspecified atom stereocenters. The molecule has 2 heterocycles. The summed E-state index contributed by atoms with van der Waals surface area (Å²) in [5.74, 6) is 0.373. The molecule has 120 valence electrons. The Morgan fingerprint density at radius 2 is 1.88 bits per heavy atom. The molecule has 0 amide bonds. The van der Waals surface area contributed by atoms with E-state index in [1.165, 1.54) is 6.07 Å². The lowest BCUT2D eigenvalue weighted by Gasteiger charge is -2.18. The maximum absolute atomic E-state index is 14.5. The Labute approximate surface area is 138 Å². The molecule has 2 aromatic carbocycles. The Balaban J connectivity index is 2.10. The van der Waals surface area contributed by atoms with Crippen molar-refractivity contribution in [1.82, 2.24) is 14.8 Å². The van der Waals surface area contributed by atoms with Gasteiger partial charge in [0, 0.05) is 16.8 Å². The summed E-state index contributed by atoms with van der Waals surface area (Å²) in [5.41, 5.74) is 8.50. The van der Waals surface area contributed by atoms with E-state index in [0.717, 1.165) is 11.3 Å². The van der Waals surface area contributed by atoms with Gasteiger partial charge in [-0.2, -0.15) is 0 Å². The van der Waals surface area contributed by atoms with Gasteiger partial charge in [0.15, 0.2) is 5.82 Å². The number of anilines is 1. The number of nitrogen functional groups attached to an aromatic ring is 1. The monoisotopic (exact) mass is 321 g/mol. The summed E-state index contributed by atoms with van der Waals surface area (Å²) in [6.07, 6.45) is 1.64. The first kappa shape index (κ1) is 14.6. The van der Waals surface area contributed by atoms with E-state index in [9.17, 15) is 4.39 Å². The highest BCUT2D eigenvalue weighted by atomic mass is 19.1. The molecule has 0 radical (unpaired) electrons. The molecule has 3 aromatic rings. The topological polar surface area (TPSA) is 69.1 Å². The molecule has 1 aliphatic heterocycles. The number of halogens is 1. The van der Waals surface area contributed by atoms with Crippen molar-refractivity contribution in [3.63, 3.8) is 0 Å². The number of hydrogen-bond donors (Lipinski definition) is 1. The second-order valence-corrected chi connectivity index (χ2v) is 6.30.